The maximum Gasteiger partial charge on any atom is 0.251 e. The largest absolute Gasteiger partial charge is 0.351 e. The highest BCUT2D eigenvalue weighted by Crippen LogP contribution is 2.16. The number of amides is 1. The van der Waals surface area contributed by atoms with Gasteiger partial charge in [0.1, 0.15) is 5.82 Å². The summed E-state index contributed by atoms with van der Waals surface area (Å²) in [6.45, 7) is 5.47. The van der Waals surface area contributed by atoms with Crippen molar-refractivity contribution in [1.29, 1.82) is 0 Å². The highest BCUT2D eigenvalue weighted by Gasteiger charge is 2.11. The molecule has 20 heavy (non-hydrogen) atoms. The molecule has 7 heteroatoms. The average Bonchev–Trinajstić information content (AvgIpc) is 2.43. The minimum Gasteiger partial charge on any atom is -0.351 e. The summed E-state index contributed by atoms with van der Waals surface area (Å²) in [6, 6.07) is 4.27. The maximum absolute atomic E-state index is 13.1. The highest BCUT2D eigenvalue weighted by atomic mass is 79.9. The van der Waals surface area contributed by atoms with Crippen LogP contribution in [0.5, 0.6) is 0 Å². The van der Waals surface area contributed by atoms with Crippen molar-refractivity contribution in [3.8, 4) is 0 Å². The predicted octanol–water partition coefficient (Wildman–Crippen LogP) is 1.65. The first-order chi connectivity index (χ1) is 9.16. The van der Waals surface area contributed by atoms with Crippen LogP contribution in [0.4, 0.5) is 4.39 Å². The van der Waals surface area contributed by atoms with E-state index in [0.717, 1.165) is 32.7 Å². The Morgan fingerprint density at radius 2 is 2.10 bits per heavy atom. The number of benzene rings is 1. The lowest BCUT2D eigenvalue weighted by Gasteiger charge is -2.27. The minimum absolute atomic E-state index is 0. The Morgan fingerprint density at radius 3 is 2.75 bits per heavy atom. The van der Waals surface area contributed by atoms with Gasteiger partial charge in [-0.15, -0.1) is 12.4 Å². The summed E-state index contributed by atoms with van der Waals surface area (Å²) in [5.74, 6) is -0.534. The summed E-state index contributed by atoms with van der Waals surface area (Å²) in [6.07, 6.45) is 0. The molecule has 0 bridgehead atoms. The van der Waals surface area contributed by atoms with Gasteiger partial charge in [-0.25, -0.2) is 4.39 Å². The van der Waals surface area contributed by atoms with Crippen molar-refractivity contribution in [2.24, 2.45) is 0 Å². The van der Waals surface area contributed by atoms with Crippen LogP contribution in [-0.4, -0.2) is 50.1 Å². The second-order valence-corrected chi connectivity index (χ2v) is 5.33. The van der Waals surface area contributed by atoms with E-state index in [1.165, 1.54) is 18.2 Å². The molecule has 1 fully saturated rings. The fourth-order valence-corrected chi connectivity index (χ4v) is 2.38. The van der Waals surface area contributed by atoms with Gasteiger partial charge in [-0.1, -0.05) is 0 Å². The van der Waals surface area contributed by atoms with Gasteiger partial charge in [0.15, 0.2) is 0 Å². The van der Waals surface area contributed by atoms with Crippen LogP contribution in [0.15, 0.2) is 22.7 Å². The van der Waals surface area contributed by atoms with Crippen molar-refractivity contribution in [3.05, 3.63) is 34.1 Å². The van der Waals surface area contributed by atoms with Crippen LogP contribution in [0.3, 0.4) is 0 Å². The zero-order valence-electron chi connectivity index (χ0n) is 11.0. The quantitative estimate of drug-likeness (QED) is 0.851. The Bertz CT molecular complexity index is 455. The topological polar surface area (TPSA) is 44.4 Å². The van der Waals surface area contributed by atoms with E-state index in [1.807, 2.05) is 0 Å². The molecule has 112 valence electrons. The molecule has 0 unspecified atom stereocenters. The Labute approximate surface area is 132 Å². The lowest BCUT2D eigenvalue weighted by Crippen LogP contribution is -2.46. The molecule has 4 nitrogen and oxygen atoms in total. The first-order valence-corrected chi connectivity index (χ1v) is 7.12. The van der Waals surface area contributed by atoms with Gasteiger partial charge in [-0.3, -0.25) is 9.69 Å². The van der Waals surface area contributed by atoms with Crippen LogP contribution in [-0.2, 0) is 0 Å². The summed E-state index contributed by atoms with van der Waals surface area (Å²) in [5.41, 5.74) is 0.466. The minimum atomic E-state index is -0.364. The molecule has 0 radical (unpaired) electrons. The maximum atomic E-state index is 13.1. The molecule has 0 spiro atoms. The Hall–Kier alpha value is -0.690. The monoisotopic (exact) mass is 365 g/mol. The fourth-order valence-electron chi connectivity index (χ4n) is 2.00. The van der Waals surface area contributed by atoms with Gasteiger partial charge in [0.25, 0.3) is 5.91 Å². The molecule has 2 N–H and O–H groups in total. The van der Waals surface area contributed by atoms with Crippen molar-refractivity contribution in [2.75, 3.05) is 39.3 Å². The van der Waals surface area contributed by atoms with Crippen LogP contribution in [0.2, 0.25) is 0 Å². The molecule has 1 aliphatic heterocycles. The summed E-state index contributed by atoms with van der Waals surface area (Å²) >= 11 is 3.07. The molecular weight excluding hydrogens is 349 g/mol. The standard InChI is InChI=1S/C13H17BrFN3O.ClH/c14-11-9-10(1-2-12(11)15)13(19)17-5-8-18-6-3-16-4-7-18;/h1-2,9,16H,3-8H2,(H,17,19);1H. The van der Waals surface area contributed by atoms with Gasteiger partial charge in [0.05, 0.1) is 4.47 Å². The lowest BCUT2D eigenvalue weighted by molar-refractivity contribution is 0.0947. The number of rotatable bonds is 4. The number of carbonyl (C=O) groups is 1. The van der Waals surface area contributed by atoms with Gasteiger partial charge in [-0.2, -0.15) is 0 Å². The van der Waals surface area contributed by atoms with Crippen LogP contribution in [0, 0.1) is 5.82 Å². The van der Waals surface area contributed by atoms with E-state index in [9.17, 15) is 9.18 Å². The summed E-state index contributed by atoms with van der Waals surface area (Å²) in [7, 11) is 0. The van der Waals surface area contributed by atoms with E-state index in [-0.39, 0.29) is 24.1 Å². The zero-order valence-corrected chi connectivity index (χ0v) is 13.4. The van der Waals surface area contributed by atoms with Crippen molar-refractivity contribution >= 4 is 34.2 Å². The number of carbonyl (C=O) groups excluding carboxylic acids is 1. The SMILES string of the molecule is Cl.O=C(NCCN1CCNCC1)c1ccc(F)c(Br)c1. The Morgan fingerprint density at radius 1 is 1.40 bits per heavy atom. The van der Waals surface area contributed by atoms with E-state index >= 15 is 0 Å². The molecule has 1 saturated heterocycles. The van der Waals surface area contributed by atoms with Gasteiger partial charge >= 0.3 is 0 Å². The normalized spacial score (nSPS) is 15.5. The number of hydrogen-bond donors (Lipinski definition) is 2. The van der Waals surface area contributed by atoms with E-state index < -0.39 is 0 Å². The van der Waals surface area contributed by atoms with Gasteiger partial charge < -0.3 is 10.6 Å². The van der Waals surface area contributed by atoms with Crippen LogP contribution in [0.1, 0.15) is 10.4 Å². The number of nitrogens with one attached hydrogen (secondary N) is 2. The first-order valence-electron chi connectivity index (χ1n) is 6.33. The second-order valence-electron chi connectivity index (χ2n) is 4.48. The highest BCUT2D eigenvalue weighted by molar-refractivity contribution is 9.10. The van der Waals surface area contributed by atoms with Crippen molar-refractivity contribution < 1.29 is 9.18 Å². The molecule has 0 aliphatic carbocycles. The number of piperazine rings is 1. The van der Waals surface area contributed by atoms with Gasteiger partial charge in [0.2, 0.25) is 0 Å². The smallest absolute Gasteiger partial charge is 0.251 e. The summed E-state index contributed by atoms with van der Waals surface area (Å²) in [4.78, 5) is 14.2. The molecule has 1 amide bonds. The summed E-state index contributed by atoms with van der Waals surface area (Å²) < 4.78 is 13.4. The van der Waals surface area contributed by atoms with E-state index in [2.05, 4.69) is 31.5 Å². The molecule has 1 aliphatic rings. The van der Waals surface area contributed by atoms with Crippen molar-refractivity contribution in [2.45, 2.75) is 0 Å². The Balaban J connectivity index is 0.00000200. The van der Waals surface area contributed by atoms with Crippen molar-refractivity contribution in [3.63, 3.8) is 0 Å². The lowest BCUT2D eigenvalue weighted by atomic mass is 10.2. The molecule has 0 aromatic heterocycles. The third-order valence-electron chi connectivity index (χ3n) is 3.10. The molecule has 1 aromatic carbocycles. The second kappa shape index (κ2) is 8.56. The van der Waals surface area contributed by atoms with Crippen LogP contribution >= 0.6 is 28.3 Å². The average molecular weight is 367 g/mol. The summed E-state index contributed by atoms with van der Waals surface area (Å²) in [5, 5.41) is 6.13. The van der Waals surface area contributed by atoms with Gasteiger partial charge in [0, 0.05) is 44.8 Å². The molecule has 1 aromatic rings. The predicted molar refractivity (Wildman–Crippen MR) is 83.0 cm³/mol. The van der Waals surface area contributed by atoms with Crippen LogP contribution in [0.25, 0.3) is 0 Å². The van der Waals surface area contributed by atoms with E-state index in [1.54, 1.807) is 0 Å². The fraction of sp³-hybridized carbons (Fsp3) is 0.462. The van der Waals surface area contributed by atoms with E-state index in [0.29, 0.717) is 16.6 Å². The molecule has 1 heterocycles. The third kappa shape index (κ3) is 5.01. The molecule has 0 atom stereocenters. The molecule has 2 rings (SSSR count). The van der Waals surface area contributed by atoms with Crippen molar-refractivity contribution in [1.82, 2.24) is 15.5 Å². The van der Waals surface area contributed by atoms with Gasteiger partial charge in [-0.05, 0) is 34.1 Å². The molecule has 0 saturated carbocycles. The third-order valence-corrected chi connectivity index (χ3v) is 3.71. The molecular formula is C13H18BrClFN3O. The number of hydrogen-bond acceptors (Lipinski definition) is 3. The number of halogens is 3. The Kier molecular flexibility index (Phi) is 7.43. The van der Waals surface area contributed by atoms with E-state index in [4.69, 9.17) is 0 Å². The van der Waals surface area contributed by atoms with Crippen LogP contribution < -0.4 is 10.6 Å². The number of nitrogens with zero attached hydrogens (tertiary/aromatic N) is 1. The zero-order chi connectivity index (χ0) is 13.7. The first kappa shape index (κ1) is 17.4.